The third-order valence-electron chi connectivity index (χ3n) is 2.05. The summed E-state index contributed by atoms with van der Waals surface area (Å²) in [5.41, 5.74) is 1.99. The number of pyridine rings is 1. The topological polar surface area (TPSA) is 65.0 Å². The van der Waals surface area contributed by atoms with Crippen molar-refractivity contribution in [1.29, 1.82) is 0 Å². The van der Waals surface area contributed by atoms with Gasteiger partial charge in [-0.15, -0.1) is 0 Å². The molecule has 0 fully saturated rings. The molecule has 2 aromatic heterocycles. The number of aromatic nitrogens is 3. The third-order valence-corrected chi connectivity index (χ3v) is 2.05. The van der Waals surface area contributed by atoms with E-state index in [9.17, 15) is 4.79 Å². The van der Waals surface area contributed by atoms with E-state index in [1.807, 2.05) is 0 Å². The number of carbonyl (C=O) groups is 1. The van der Waals surface area contributed by atoms with Gasteiger partial charge in [0, 0.05) is 35.9 Å². The Bertz CT molecular complexity index is 500. The van der Waals surface area contributed by atoms with E-state index in [4.69, 9.17) is 0 Å². The molecular weight excluding hydrogens is 206 g/mol. The van der Waals surface area contributed by atoms with Crippen molar-refractivity contribution in [2.45, 2.75) is 0 Å². The molecule has 0 aromatic carbocycles. The summed E-state index contributed by atoms with van der Waals surface area (Å²) in [4.78, 5) is 23.1. The average Bonchev–Trinajstić information content (AvgIpc) is 2.39. The maximum absolute atomic E-state index is 11.3. The quantitative estimate of drug-likeness (QED) is 0.707. The highest BCUT2D eigenvalue weighted by Gasteiger charge is 2.07. The van der Waals surface area contributed by atoms with Crippen LogP contribution >= 0.6 is 0 Å². The molecule has 0 radical (unpaired) electrons. The van der Waals surface area contributed by atoms with Crippen LogP contribution in [0.5, 0.6) is 0 Å². The molecule has 0 aliphatic rings. The summed E-state index contributed by atoms with van der Waals surface area (Å²) < 4.78 is 4.62. The molecule has 0 saturated heterocycles. The van der Waals surface area contributed by atoms with Gasteiger partial charge >= 0.3 is 5.97 Å². The van der Waals surface area contributed by atoms with Gasteiger partial charge in [0.05, 0.1) is 12.7 Å². The van der Waals surface area contributed by atoms with Crippen LogP contribution in [0.1, 0.15) is 10.4 Å². The Morgan fingerprint density at radius 3 is 2.44 bits per heavy atom. The molecule has 2 rings (SSSR count). The van der Waals surface area contributed by atoms with Crippen LogP contribution in [0.3, 0.4) is 0 Å². The highest BCUT2D eigenvalue weighted by Crippen LogP contribution is 2.17. The van der Waals surface area contributed by atoms with Crippen molar-refractivity contribution in [3.05, 3.63) is 42.7 Å². The Balaban J connectivity index is 2.40. The maximum atomic E-state index is 11.3. The Labute approximate surface area is 92.2 Å². The second-order valence-corrected chi connectivity index (χ2v) is 3.08. The fourth-order valence-corrected chi connectivity index (χ4v) is 1.28. The van der Waals surface area contributed by atoms with Crippen LogP contribution in [0.2, 0.25) is 0 Å². The van der Waals surface area contributed by atoms with Crippen LogP contribution in [0.4, 0.5) is 0 Å². The molecular formula is C11H9N3O2. The number of methoxy groups -OCH3 is 1. The van der Waals surface area contributed by atoms with Crippen LogP contribution in [0.15, 0.2) is 37.2 Å². The van der Waals surface area contributed by atoms with Gasteiger partial charge in [0.2, 0.25) is 0 Å². The van der Waals surface area contributed by atoms with Crippen LogP contribution in [0, 0.1) is 0 Å². The van der Waals surface area contributed by atoms with E-state index in [2.05, 4.69) is 19.7 Å². The zero-order valence-corrected chi connectivity index (χ0v) is 8.62. The van der Waals surface area contributed by atoms with Gasteiger partial charge in [-0.1, -0.05) is 0 Å². The van der Waals surface area contributed by atoms with Crippen LogP contribution < -0.4 is 0 Å². The fraction of sp³-hybridized carbons (Fsp3) is 0.0909. The van der Waals surface area contributed by atoms with Crippen LogP contribution in [-0.2, 0) is 4.74 Å². The number of nitrogens with zero attached hydrogens (tertiary/aromatic N) is 3. The molecule has 0 atom stereocenters. The van der Waals surface area contributed by atoms with E-state index in [0.29, 0.717) is 5.56 Å². The summed E-state index contributed by atoms with van der Waals surface area (Å²) in [6, 6.07) is 1.69. The van der Waals surface area contributed by atoms with E-state index in [1.54, 1.807) is 24.7 Å². The van der Waals surface area contributed by atoms with Gasteiger partial charge in [0.1, 0.15) is 6.33 Å². The molecule has 80 valence electrons. The van der Waals surface area contributed by atoms with Gasteiger partial charge in [-0.25, -0.2) is 14.8 Å². The molecule has 0 amide bonds. The Kier molecular flexibility index (Phi) is 2.86. The number of hydrogen-bond donors (Lipinski definition) is 0. The summed E-state index contributed by atoms with van der Waals surface area (Å²) in [7, 11) is 1.33. The highest BCUT2D eigenvalue weighted by molar-refractivity contribution is 5.90. The van der Waals surface area contributed by atoms with Crippen molar-refractivity contribution in [3.8, 4) is 11.1 Å². The molecule has 0 unspecified atom stereocenters. The van der Waals surface area contributed by atoms with E-state index in [-0.39, 0.29) is 0 Å². The van der Waals surface area contributed by atoms with Crippen molar-refractivity contribution in [2.24, 2.45) is 0 Å². The minimum absolute atomic E-state index is 0.406. The second-order valence-electron chi connectivity index (χ2n) is 3.08. The highest BCUT2D eigenvalue weighted by atomic mass is 16.5. The molecule has 5 heteroatoms. The lowest BCUT2D eigenvalue weighted by atomic mass is 10.1. The van der Waals surface area contributed by atoms with Gasteiger partial charge in [0.15, 0.2) is 0 Å². The SMILES string of the molecule is COC(=O)c1cncc(-c2cncnc2)c1. The first-order chi connectivity index (χ1) is 7.81. The van der Waals surface area contributed by atoms with E-state index < -0.39 is 5.97 Å². The molecule has 0 spiro atoms. The zero-order valence-electron chi connectivity index (χ0n) is 8.62. The second kappa shape index (κ2) is 4.48. The number of carbonyl (C=O) groups excluding carboxylic acids is 1. The molecule has 16 heavy (non-hydrogen) atoms. The Morgan fingerprint density at radius 1 is 1.06 bits per heavy atom. The first-order valence-corrected chi connectivity index (χ1v) is 4.60. The minimum Gasteiger partial charge on any atom is -0.465 e. The van der Waals surface area contributed by atoms with Crippen LogP contribution in [-0.4, -0.2) is 28.0 Å². The first kappa shape index (κ1) is 10.2. The van der Waals surface area contributed by atoms with Gasteiger partial charge < -0.3 is 4.74 Å². The fourth-order valence-electron chi connectivity index (χ4n) is 1.28. The summed E-state index contributed by atoms with van der Waals surface area (Å²) in [6.45, 7) is 0. The largest absolute Gasteiger partial charge is 0.465 e. The average molecular weight is 215 g/mol. The number of hydrogen-bond acceptors (Lipinski definition) is 5. The lowest BCUT2D eigenvalue weighted by Gasteiger charge is -2.02. The molecule has 2 aromatic rings. The van der Waals surface area contributed by atoms with E-state index in [1.165, 1.54) is 19.6 Å². The third kappa shape index (κ3) is 2.03. The summed E-state index contributed by atoms with van der Waals surface area (Å²) >= 11 is 0. The van der Waals surface area contributed by atoms with Gasteiger partial charge in [-0.05, 0) is 6.07 Å². The van der Waals surface area contributed by atoms with Gasteiger partial charge in [-0.3, -0.25) is 4.98 Å². The first-order valence-electron chi connectivity index (χ1n) is 4.60. The zero-order chi connectivity index (χ0) is 11.4. The monoisotopic (exact) mass is 215 g/mol. The summed E-state index contributed by atoms with van der Waals surface area (Å²) in [6.07, 6.45) is 7.86. The summed E-state index contributed by atoms with van der Waals surface area (Å²) in [5.74, 6) is -0.411. The van der Waals surface area contributed by atoms with Crippen molar-refractivity contribution in [2.75, 3.05) is 7.11 Å². The molecule has 5 nitrogen and oxygen atoms in total. The Morgan fingerprint density at radius 2 is 1.75 bits per heavy atom. The Hall–Kier alpha value is -2.30. The number of rotatable bonds is 2. The number of esters is 1. The molecule has 0 bridgehead atoms. The van der Waals surface area contributed by atoms with Crippen molar-refractivity contribution >= 4 is 5.97 Å². The van der Waals surface area contributed by atoms with Crippen molar-refractivity contribution < 1.29 is 9.53 Å². The molecule has 0 saturated carbocycles. The van der Waals surface area contributed by atoms with Gasteiger partial charge in [-0.2, -0.15) is 0 Å². The molecule has 0 aliphatic carbocycles. The molecule has 2 heterocycles. The predicted octanol–water partition coefficient (Wildman–Crippen LogP) is 1.33. The van der Waals surface area contributed by atoms with Crippen LogP contribution in [0.25, 0.3) is 11.1 Å². The van der Waals surface area contributed by atoms with E-state index >= 15 is 0 Å². The standard InChI is InChI=1S/C11H9N3O2/c1-16-11(15)9-2-8(3-12-4-9)10-5-13-7-14-6-10/h2-7H,1H3. The minimum atomic E-state index is -0.411. The summed E-state index contributed by atoms with van der Waals surface area (Å²) in [5, 5.41) is 0. The van der Waals surface area contributed by atoms with Crippen molar-refractivity contribution in [3.63, 3.8) is 0 Å². The lowest BCUT2D eigenvalue weighted by Crippen LogP contribution is -2.01. The smallest absolute Gasteiger partial charge is 0.339 e. The van der Waals surface area contributed by atoms with E-state index in [0.717, 1.165) is 11.1 Å². The molecule has 0 N–H and O–H groups in total. The van der Waals surface area contributed by atoms with Crippen molar-refractivity contribution in [1.82, 2.24) is 15.0 Å². The van der Waals surface area contributed by atoms with Gasteiger partial charge in [0.25, 0.3) is 0 Å². The number of ether oxygens (including phenoxy) is 1. The predicted molar refractivity (Wildman–Crippen MR) is 56.6 cm³/mol. The normalized spacial score (nSPS) is 9.81. The lowest BCUT2D eigenvalue weighted by molar-refractivity contribution is 0.0600. The molecule has 0 aliphatic heterocycles. The maximum Gasteiger partial charge on any atom is 0.339 e.